The van der Waals surface area contributed by atoms with Crippen LogP contribution in [-0.2, 0) is 11.2 Å². The van der Waals surface area contributed by atoms with E-state index in [9.17, 15) is 4.79 Å². The number of nitriles is 1. The molecule has 84 valence electrons. The Hall–Kier alpha value is -1.86. The zero-order chi connectivity index (χ0) is 11.8. The van der Waals surface area contributed by atoms with Gasteiger partial charge in [-0.25, -0.2) is 0 Å². The topological polar surface area (TPSA) is 78.9 Å². The van der Waals surface area contributed by atoms with Gasteiger partial charge in [0.05, 0.1) is 12.1 Å². The fraction of sp³-hybridized carbons (Fsp3) is 0.333. The summed E-state index contributed by atoms with van der Waals surface area (Å²) in [5, 5.41) is 10.7. The number of amides is 1. The number of aryl methyl sites for hydroxylation is 1. The lowest BCUT2D eigenvalue weighted by Crippen LogP contribution is -2.40. The first kappa shape index (κ1) is 12.2. The van der Waals surface area contributed by atoms with Crippen LogP contribution >= 0.6 is 0 Å². The molecule has 0 aliphatic heterocycles. The summed E-state index contributed by atoms with van der Waals surface area (Å²) in [5.74, 6) is -0.266. The van der Waals surface area contributed by atoms with E-state index >= 15 is 0 Å². The Morgan fingerprint density at radius 2 is 2.12 bits per heavy atom. The molecule has 4 nitrogen and oxygen atoms in total. The van der Waals surface area contributed by atoms with Crippen LogP contribution in [0.4, 0.5) is 0 Å². The number of hydrogen-bond acceptors (Lipinski definition) is 3. The van der Waals surface area contributed by atoms with Gasteiger partial charge in [0.1, 0.15) is 6.54 Å². The van der Waals surface area contributed by atoms with Crippen molar-refractivity contribution >= 4 is 5.91 Å². The quantitative estimate of drug-likeness (QED) is 0.708. The molecule has 1 atom stereocenters. The van der Waals surface area contributed by atoms with Crippen molar-refractivity contribution in [1.82, 2.24) is 5.32 Å². The molecule has 0 bridgehead atoms. The van der Waals surface area contributed by atoms with Crippen LogP contribution in [0.15, 0.2) is 30.3 Å². The largest absolute Gasteiger partial charge is 0.342 e. The third kappa shape index (κ3) is 4.11. The Morgan fingerprint density at radius 3 is 2.75 bits per heavy atom. The van der Waals surface area contributed by atoms with Crippen molar-refractivity contribution in [1.29, 1.82) is 5.26 Å². The second-order valence-electron chi connectivity index (χ2n) is 3.51. The standard InChI is InChI=1S/C12H15N3O/c13-8-9-15-12(16)11(14)7-6-10-4-2-1-3-5-10/h1-5,11H,6-7,9,14H2,(H,15,16). The number of benzene rings is 1. The minimum Gasteiger partial charge on any atom is -0.342 e. The van der Waals surface area contributed by atoms with Crippen molar-refractivity contribution in [2.45, 2.75) is 18.9 Å². The molecule has 1 aromatic rings. The smallest absolute Gasteiger partial charge is 0.237 e. The van der Waals surface area contributed by atoms with Gasteiger partial charge in [-0.15, -0.1) is 0 Å². The zero-order valence-electron chi connectivity index (χ0n) is 9.02. The lowest BCUT2D eigenvalue weighted by Gasteiger charge is -2.10. The van der Waals surface area contributed by atoms with Gasteiger partial charge in [0.15, 0.2) is 0 Å². The fourth-order valence-corrected chi connectivity index (χ4v) is 1.36. The molecule has 3 N–H and O–H groups in total. The molecule has 0 saturated carbocycles. The monoisotopic (exact) mass is 217 g/mol. The van der Waals surface area contributed by atoms with Crippen LogP contribution < -0.4 is 11.1 Å². The van der Waals surface area contributed by atoms with E-state index in [0.717, 1.165) is 12.0 Å². The van der Waals surface area contributed by atoms with E-state index in [0.29, 0.717) is 6.42 Å². The third-order valence-corrected chi connectivity index (χ3v) is 2.27. The number of hydrogen-bond donors (Lipinski definition) is 2. The maximum absolute atomic E-state index is 11.3. The summed E-state index contributed by atoms with van der Waals surface area (Å²) < 4.78 is 0. The number of carbonyl (C=O) groups excluding carboxylic acids is 1. The van der Waals surface area contributed by atoms with Crippen LogP contribution in [0.1, 0.15) is 12.0 Å². The number of rotatable bonds is 5. The molecule has 1 aromatic carbocycles. The van der Waals surface area contributed by atoms with Gasteiger partial charge in [-0.05, 0) is 18.4 Å². The molecule has 1 amide bonds. The zero-order valence-corrected chi connectivity index (χ0v) is 9.02. The molecule has 0 aliphatic rings. The molecule has 0 radical (unpaired) electrons. The number of nitrogens with zero attached hydrogens (tertiary/aromatic N) is 1. The summed E-state index contributed by atoms with van der Waals surface area (Å²) in [7, 11) is 0. The Balaban J connectivity index is 2.33. The summed E-state index contributed by atoms with van der Waals surface area (Å²) in [6.07, 6.45) is 1.35. The molecule has 0 spiro atoms. The van der Waals surface area contributed by atoms with Crippen molar-refractivity contribution < 1.29 is 4.79 Å². The first-order valence-corrected chi connectivity index (χ1v) is 5.18. The van der Waals surface area contributed by atoms with E-state index in [1.807, 2.05) is 36.4 Å². The summed E-state index contributed by atoms with van der Waals surface area (Å²) in [4.78, 5) is 11.3. The van der Waals surface area contributed by atoms with E-state index in [1.54, 1.807) is 0 Å². The van der Waals surface area contributed by atoms with Crippen molar-refractivity contribution in [3.63, 3.8) is 0 Å². The summed E-state index contributed by atoms with van der Waals surface area (Å²) >= 11 is 0. The molecular weight excluding hydrogens is 202 g/mol. The Kier molecular flexibility index (Phi) is 5.03. The van der Waals surface area contributed by atoms with Crippen LogP contribution in [0.2, 0.25) is 0 Å². The van der Waals surface area contributed by atoms with E-state index in [-0.39, 0.29) is 12.5 Å². The fourth-order valence-electron chi connectivity index (χ4n) is 1.36. The molecule has 0 heterocycles. The Labute approximate surface area is 95.1 Å². The van der Waals surface area contributed by atoms with Gasteiger partial charge < -0.3 is 11.1 Å². The highest BCUT2D eigenvalue weighted by Gasteiger charge is 2.12. The molecule has 0 aromatic heterocycles. The van der Waals surface area contributed by atoms with Gasteiger partial charge in [-0.3, -0.25) is 4.79 Å². The SMILES string of the molecule is N#CCNC(=O)C(N)CCc1ccccc1. The van der Waals surface area contributed by atoms with Crippen LogP contribution in [0.3, 0.4) is 0 Å². The predicted molar refractivity (Wildman–Crippen MR) is 61.4 cm³/mol. The van der Waals surface area contributed by atoms with E-state index in [1.165, 1.54) is 0 Å². The third-order valence-electron chi connectivity index (χ3n) is 2.27. The molecule has 0 fully saturated rings. The highest BCUT2D eigenvalue weighted by Crippen LogP contribution is 2.03. The molecule has 0 aliphatic carbocycles. The first-order valence-electron chi connectivity index (χ1n) is 5.18. The van der Waals surface area contributed by atoms with Crippen molar-refractivity contribution in [3.05, 3.63) is 35.9 Å². The highest BCUT2D eigenvalue weighted by molar-refractivity contribution is 5.81. The normalized spacial score (nSPS) is 11.5. The second kappa shape index (κ2) is 6.59. The maximum Gasteiger partial charge on any atom is 0.237 e. The lowest BCUT2D eigenvalue weighted by molar-refractivity contribution is -0.122. The number of nitrogens with one attached hydrogen (secondary N) is 1. The second-order valence-corrected chi connectivity index (χ2v) is 3.51. The lowest BCUT2D eigenvalue weighted by atomic mass is 10.1. The number of carbonyl (C=O) groups is 1. The van der Waals surface area contributed by atoms with Crippen molar-refractivity contribution in [3.8, 4) is 6.07 Å². The minimum absolute atomic E-state index is 0.0118. The first-order chi connectivity index (χ1) is 7.74. The summed E-state index contributed by atoms with van der Waals surface area (Å²) in [5.41, 5.74) is 6.84. The molecule has 1 rings (SSSR count). The number of nitrogens with two attached hydrogens (primary N) is 1. The summed E-state index contributed by atoms with van der Waals surface area (Å²) in [6, 6.07) is 11.1. The van der Waals surface area contributed by atoms with Crippen LogP contribution in [0.25, 0.3) is 0 Å². The highest BCUT2D eigenvalue weighted by atomic mass is 16.2. The van der Waals surface area contributed by atoms with Gasteiger partial charge in [0.2, 0.25) is 5.91 Å². The minimum atomic E-state index is -0.548. The van der Waals surface area contributed by atoms with Gasteiger partial charge in [-0.2, -0.15) is 5.26 Å². The van der Waals surface area contributed by atoms with E-state index in [4.69, 9.17) is 11.0 Å². The average molecular weight is 217 g/mol. The van der Waals surface area contributed by atoms with E-state index in [2.05, 4.69) is 5.32 Å². The Bertz CT molecular complexity index is 370. The molecule has 0 saturated heterocycles. The van der Waals surface area contributed by atoms with Crippen LogP contribution in [-0.4, -0.2) is 18.5 Å². The van der Waals surface area contributed by atoms with Crippen molar-refractivity contribution in [2.24, 2.45) is 5.73 Å². The maximum atomic E-state index is 11.3. The Morgan fingerprint density at radius 1 is 1.44 bits per heavy atom. The molecular formula is C12H15N3O. The van der Waals surface area contributed by atoms with Gasteiger partial charge >= 0.3 is 0 Å². The predicted octanol–water partition coefficient (Wildman–Crippen LogP) is 0.586. The van der Waals surface area contributed by atoms with Crippen LogP contribution in [0, 0.1) is 11.3 Å². The summed E-state index contributed by atoms with van der Waals surface area (Å²) in [6.45, 7) is 0.0118. The molecule has 1 unspecified atom stereocenters. The van der Waals surface area contributed by atoms with Crippen LogP contribution in [0.5, 0.6) is 0 Å². The van der Waals surface area contributed by atoms with Gasteiger partial charge in [0, 0.05) is 0 Å². The van der Waals surface area contributed by atoms with Gasteiger partial charge in [0.25, 0.3) is 0 Å². The van der Waals surface area contributed by atoms with Gasteiger partial charge in [-0.1, -0.05) is 30.3 Å². The molecule has 4 heteroatoms. The van der Waals surface area contributed by atoms with Crippen molar-refractivity contribution in [2.75, 3.05) is 6.54 Å². The molecule has 16 heavy (non-hydrogen) atoms. The van der Waals surface area contributed by atoms with E-state index < -0.39 is 6.04 Å². The average Bonchev–Trinajstić information content (AvgIpc) is 2.34.